The van der Waals surface area contributed by atoms with Gasteiger partial charge < -0.3 is 14.8 Å². The molecule has 0 radical (unpaired) electrons. The first-order valence-electron chi connectivity index (χ1n) is 8.32. The van der Waals surface area contributed by atoms with Crippen LogP contribution in [-0.2, 0) is 11.0 Å². The molecule has 1 heterocycles. The summed E-state index contributed by atoms with van der Waals surface area (Å²) in [5.74, 6) is 1.07. The zero-order chi connectivity index (χ0) is 19.6. The number of halogens is 3. The maximum Gasteiger partial charge on any atom is 0.416 e. The van der Waals surface area contributed by atoms with Gasteiger partial charge >= 0.3 is 6.18 Å². The molecule has 0 saturated heterocycles. The summed E-state index contributed by atoms with van der Waals surface area (Å²) in [6.45, 7) is 3.87. The van der Waals surface area contributed by atoms with E-state index in [0.29, 0.717) is 18.1 Å². The van der Waals surface area contributed by atoms with Gasteiger partial charge in [0, 0.05) is 11.6 Å². The van der Waals surface area contributed by atoms with Crippen molar-refractivity contribution in [2.24, 2.45) is 0 Å². The van der Waals surface area contributed by atoms with E-state index in [1.54, 1.807) is 18.2 Å². The van der Waals surface area contributed by atoms with E-state index in [2.05, 4.69) is 11.9 Å². The lowest BCUT2D eigenvalue weighted by atomic mass is 9.76. The molecule has 1 amide bonds. The summed E-state index contributed by atoms with van der Waals surface area (Å²) >= 11 is 0. The number of rotatable bonds is 4. The minimum absolute atomic E-state index is 0.0723. The minimum Gasteiger partial charge on any atom is -0.493 e. The molecule has 0 bridgehead atoms. The van der Waals surface area contributed by atoms with Gasteiger partial charge in [-0.15, -0.1) is 0 Å². The molecule has 0 spiro atoms. The van der Waals surface area contributed by atoms with Crippen molar-refractivity contribution in [3.63, 3.8) is 0 Å². The van der Waals surface area contributed by atoms with Crippen LogP contribution in [0.2, 0.25) is 5.82 Å². The second kappa shape index (κ2) is 7.38. The first-order chi connectivity index (χ1) is 12.8. The Morgan fingerprint density at radius 3 is 2.52 bits per heavy atom. The van der Waals surface area contributed by atoms with E-state index in [4.69, 9.17) is 9.47 Å². The van der Waals surface area contributed by atoms with Gasteiger partial charge in [0.2, 0.25) is 5.91 Å². The first-order valence-corrected chi connectivity index (χ1v) is 8.32. The smallest absolute Gasteiger partial charge is 0.416 e. The van der Waals surface area contributed by atoms with Gasteiger partial charge in [-0.25, -0.2) is 0 Å². The van der Waals surface area contributed by atoms with E-state index in [0.717, 1.165) is 17.7 Å². The summed E-state index contributed by atoms with van der Waals surface area (Å²) in [5, 5.41) is 2.88. The Kier molecular flexibility index (Phi) is 5.16. The number of amides is 1. The topological polar surface area (TPSA) is 47.6 Å². The number of alkyl halides is 3. The SMILES string of the molecule is B[C@H]1COc2cc(Oc3ccc(C(F)(F)F)cc3)ccc2[C@H]1NC(=O)C=C. The number of nitrogens with one attached hydrogen (secondary N) is 1. The van der Waals surface area contributed by atoms with Crippen LogP contribution in [-0.4, -0.2) is 20.4 Å². The van der Waals surface area contributed by atoms with Gasteiger partial charge in [0.1, 0.15) is 25.1 Å². The van der Waals surface area contributed by atoms with Crippen molar-refractivity contribution in [3.05, 3.63) is 66.2 Å². The van der Waals surface area contributed by atoms with Gasteiger partial charge in [-0.1, -0.05) is 6.58 Å². The third kappa shape index (κ3) is 4.27. The van der Waals surface area contributed by atoms with Crippen molar-refractivity contribution in [2.45, 2.75) is 18.0 Å². The van der Waals surface area contributed by atoms with Gasteiger partial charge in [0.15, 0.2) is 0 Å². The van der Waals surface area contributed by atoms with Crippen LogP contribution in [0.15, 0.2) is 55.1 Å². The van der Waals surface area contributed by atoms with Gasteiger partial charge in [-0.05, 0) is 48.3 Å². The van der Waals surface area contributed by atoms with E-state index in [9.17, 15) is 18.0 Å². The number of ether oxygens (including phenoxy) is 2. The summed E-state index contributed by atoms with van der Waals surface area (Å²) in [7, 11) is 1.96. The Labute approximate surface area is 155 Å². The molecule has 0 saturated carbocycles. The molecule has 2 atom stereocenters. The van der Waals surface area contributed by atoms with Crippen molar-refractivity contribution >= 4 is 13.8 Å². The predicted molar refractivity (Wildman–Crippen MR) is 96.8 cm³/mol. The highest BCUT2D eigenvalue weighted by Crippen LogP contribution is 2.40. The summed E-state index contributed by atoms with van der Waals surface area (Å²) in [6.07, 6.45) is -3.18. The second-order valence-electron chi connectivity index (χ2n) is 6.30. The van der Waals surface area contributed by atoms with E-state index >= 15 is 0 Å². The maximum atomic E-state index is 12.6. The monoisotopic (exact) mass is 375 g/mol. The van der Waals surface area contributed by atoms with E-state index in [-0.39, 0.29) is 23.5 Å². The average molecular weight is 375 g/mol. The summed E-state index contributed by atoms with van der Waals surface area (Å²) in [5.41, 5.74) is 0.0714. The van der Waals surface area contributed by atoms with Crippen LogP contribution in [0.3, 0.4) is 0 Å². The summed E-state index contributed by atoms with van der Waals surface area (Å²) < 4.78 is 49.2. The second-order valence-corrected chi connectivity index (χ2v) is 6.30. The van der Waals surface area contributed by atoms with E-state index in [1.165, 1.54) is 18.2 Å². The molecule has 2 aromatic carbocycles. The lowest BCUT2D eigenvalue weighted by Crippen LogP contribution is -2.35. The third-order valence-electron chi connectivity index (χ3n) is 4.29. The first kappa shape index (κ1) is 18.9. The van der Waals surface area contributed by atoms with Gasteiger partial charge in [-0.3, -0.25) is 4.79 Å². The van der Waals surface area contributed by atoms with Crippen LogP contribution in [0.25, 0.3) is 0 Å². The number of hydrogen-bond acceptors (Lipinski definition) is 3. The Hall–Kier alpha value is -2.90. The highest BCUT2D eigenvalue weighted by Gasteiger charge is 2.30. The fourth-order valence-electron chi connectivity index (χ4n) is 2.86. The highest BCUT2D eigenvalue weighted by molar-refractivity contribution is 6.12. The summed E-state index contributed by atoms with van der Waals surface area (Å²) in [6, 6.07) is 9.35. The van der Waals surface area contributed by atoms with Crippen LogP contribution < -0.4 is 14.8 Å². The van der Waals surface area contributed by atoms with Crippen molar-refractivity contribution in [2.75, 3.05) is 6.61 Å². The van der Waals surface area contributed by atoms with Crippen LogP contribution in [0.4, 0.5) is 13.2 Å². The zero-order valence-corrected chi connectivity index (χ0v) is 14.5. The lowest BCUT2D eigenvalue weighted by molar-refractivity contribution is -0.137. The fraction of sp³-hybridized carbons (Fsp3) is 0.211. The number of benzene rings is 2. The van der Waals surface area contributed by atoms with Crippen LogP contribution in [0, 0.1) is 0 Å². The molecule has 140 valence electrons. The molecule has 4 nitrogen and oxygen atoms in total. The van der Waals surface area contributed by atoms with Crippen LogP contribution in [0.5, 0.6) is 17.2 Å². The maximum absolute atomic E-state index is 12.6. The molecule has 1 aliphatic heterocycles. The molecule has 27 heavy (non-hydrogen) atoms. The number of carbonyl (C=O) groups excluding carboxylic acids is 1. The van der Waals surface area contributed by atoms with Crippen molar-refractivity contribution < 1.29 is 27.4 Å². The van der Waals surface area contributed by atoms with Crippen molar-refractivity contribution in [3.8, 4) is 17.2 Å². The normalized spacial score (nSPS) is 18.8. The molecule has 3 rings (SSSR count). The molecule has 2 aromatic rings. The number of hydrogen-bond donors (Lipinski definition) is 1. The Balaban J connectivity index is 1.79. The molecule has 1 aliphatic rings. The predicted octanol–water partition coefficient (Wildman–Crippen LogP) is 3.66. The van der Waals surface area contributed by atoms with Crippen LogP contribution in [0.1, 0.15) is 17.2 Å². The van der Waals surface area contributed by atoms with Crippen molar-refractivity contribution in [1.29, 1.82) is 0 Å². The standard InChI is InChI=1S/C19H17BF3NO3/c1-2-17(25)24-18-14-8-7-13(9-16(14)26-10-15(18)20)27-12-5-3-11(4-6-12)19(21,22)23/h2-9,15,18H,1,10,20H2,(H,24,25)/t15-,18+/m0/s1. The molecule has 0 aliphatic carbocycles. The Morgan fingerprint density at radius 2 is 1.89 bits per heavy atom. The Morgan fingerprint density at radius 1 is 1.22 bits per heavy atom. The Bertz CT molecular complexity index is 852. The molecular weight excluding hydrogens is 358 g/mol. The minimum atomic E-state index is -4.39. The molecular formula is C19H17BF3NO3. The van der Waals surface area contributed by atoms with Crippen LogP contribution >= 0.6 is 0 Å². The van der Waals surface area contributed by atoms with E-state index in [1.807, 2.05) is 7.85 Å². The van der Waals surface area contributed by atoms with Gasteiger partial charge in [-0.2, -0.15) is 13.2 Å². The molecule has 0 aromatic heterocycles. The zero-order valence-electron chi connectivity index (χ0n) is 14.5. The number of carbonyl (C=O) groups is 1. The molecule has 0 unspecified atom stereocenters. The average Bonchev–Trinajstić information content (AvgIpc) is 2.63. The van der Waals surface area contributed by atoms with Gasteiger partial charge in [0.05, 0.1) is 18.2 Å². The summed E-state index contributed by atoms with van der Waals surface area (Å²) in [4.78, 5) is 11.7. The van der Waals surface area contributed by atoms with Crippen molar-refractivity contribution in [1.82, 2.24) is 5.32 Å². The fourth-order valence-corrected chi connectivity index (χ4v) is 2.86. The molecule has 1 N–H and O–H groups in total. The molecule has 8 heteroatoms. The quantitative estimate of drug-likeness (QED) is 0.656. The number of fused-ring (bicyclic) bond motifs is 1. The third-order valence-corrected chi connectivity index (χ3v) is 4.29. The van der Waals surface area contributed by atoms with Gasteiger partial charge in [0.25, 0.3) is 0 Å². The largest absolute Gasteiger partial charge is 0.493 e. The highest BCUT2D eigenvalue weighted by atomic mass is 19.4. The van der Waals surface area contributed by atoms with E-state index < -0.39 is 11.7 Å². The lowest BCUT2D eigenvalue weighted by Gasteiger charge is -2.32. The molecule has 0 fully saturated rings.